The molecule has 2 rings (SSSR count). The summed E-state index contributed by atoms with van der Waals surface area (Å²) in [5.41, 5.74) is 0. The molecule has 2 fully saturated rings. The Morgan fingerprint density at radius 2 is 1.76 bits per heavy atom. The van der Waals surface area contributed by atoms with Gasteiger partial charge < -0.3 is 10.0 Å². The molecule has 1 saturated carbocycles. The maximum absolute atomic E-state index is 12.7. The molecule has 1 N–H and O–H groups in total. The van der Waals surface area contributed by atoms with E-state index in [1.807, 2.05) is 4.90 Å². The quantitative estimate of drug-likeness (QED) is 0.818. The zero-order valence-corrected chi connectivity index (χ0v) is 13.2. The monoisotopic (exact) mass is 295 g/mol. The molecule has 1 atom stereocenters. The van der Waals surface area contributed by atoms with E-state index in [4.69, 9.17) is 5.11 Å². The molecular weight excluding hydrogens is 266 g/mol. The lowest BCUT2D eigenvalue weighted by atomic mass is 9.88. The molecule has 0 aromatic rings. The molecule has 120 valence electrons. The Hall–Kier alpha value is -1.06. The lowest BCUT2D eigenvalue weighted by Gasteiger charge is -2.33. The van der Waals surface area contributed by atoms with Crippen LogP contribution in [0.2, 0.25) is 0 Å². The van der Waals surface area contributed by atoms with Crippen LogP contribution in [0.15, 0.2) is 0 Å². The van der Waals surface area contributed by atoms with E-state index in [1.165, 1.54) is 25.7 Å². The lowest BCUT2D eigenvalue weighted by molar-refractivity contribution is -0.147. The summed E-state index contributed by atoms with van der Waals surface area (Å²) in [6.07, 6.45) is 9.52. The van der Waals surface area contributed by atoms with Gasteiger partial charge in [-0.05, 0) is 31.6 Å². The molecule has 1 heterocycles. The third-order valence-corrected chi connectivity index (χ3v) is 5.23. The van der Waals surface area contributed by atoms with Gasteiger partial charge in [0.1, 0.15) is 0 Å². The first kappa shape index (κ1) is 16.3. The Bertz CT molecular complexity index is 355. The molecule has 0 spiro atoms. The highest BCUT2D eigenvalue weighted by atomic mass is 16.4. The van der Waals surface area contributed by atoms with Gasteiger partial charge in [0.2, 0.25) is 5.91 Å². The first-order chi connectivity index (χ1) is 10.1. The highest BCUT2D eigenvalue weighted by Crippen LogP contribution is 2.33. The van der Waals surface area contributed by atoms with E-state index in [0.717, 1.165) is 25.2 Å². The second kappa shape index (κ2) is 7.81. The molecule has 1 aliphatic carbocycles. The van der Waals surface area contributed by atoms with Gasteiger partial charge in [-0.1, -0.05) is 39.0 Å². The third-order valence-electron chi connectivity index (χ3n) is 5.23. The Kier molecular flexibility index (Phi) is 6.07. The maximum atomic E-state index is 12.7. The van der Waals surface area contributed by atoms with Crippen molar-refractivity contribution in [3.63, 3.8) is 0 Å². The fourth-order valence-electron chi connectivity index (χ4n) is 3.94. The van der Waals surface area contributed by atoms with Crippen LogP contribution >= 0.6 is 0 Å². The van der Waals surface area contributed by atoms with Crippen LogP contribution in [0.25, 0.3) is 0 Å². The van der Waals surface area contributed by atoms with Crippen molar-refractivity contribution in [3.8, 4) is 0 Å². The van der Waals surface area contributed by atoms with Gasteiger partial charge in [-0.3, -0.25) is 9.59 Å². The number of likely N-dealkylation sites (tertiary alicyclic amines) is 1. The van der Waals surface area contributed by atoms with Gasteiger partial charge in [-0.2, -0.15) is 0 Å². The zero-order chi connectivity index (χ0) is 15.2. The van der Waals surface area contributed by atoms with Crippen LogP contribution in [-0.4, -0.2) is 35.0 Å². The number of piperidine rings is 1. The van der Waals surface area contributed by atoms with Crippen molar-refractivity contribution in [1.29, 1.82) is 0 Å². The van der Waals surface area contributed by atoms with Crippen molar-refractivity contribution < 1.29 is 14.7 Å². The second-order valence-corrected chi connectivity index (χ2v) is 6.81. The number of carboxylic acid groups (broad SMARTS) is 1. The molecule has 1 aliphatic heterocycles. The molecule has 1 unspecified atom stereocenters. The normalized spacial score (nSPS) is 22.4. The molecule has 0 bridgehead atoms. The van der Waals surface area contributed by atoms with Gasteiger partial charge in [0, 0.05) is 19.0 Å². The van der Waals surface area contributed by atoms with Gasteiger partial charge in [0.15, 0.2) is 0 Å². The number of amides is 1. The summed E-state index contributed by atoms with van der Waals surface area (Å²) in [4.78, 5) is 25.7. The third kappa shape index (κ3) is 4.45. The number of aliphatic carboxylic acids is 1. The van der Waals surface area contributed by atoms with Gasteiger partial charge in [0.05, 0.1) is 5.92 Å². The lowest BCUT2D eigenvalue weighted by Crippen LogP contribution is -2.43. The summed E-state index contributed by atoms with van der Waals surface area (Å²) in [7, 11) is 0. The SMILES string of the molecule is CCCC(CC1CCCC1)C(=O)N1CCC(C(=O)O)CC1. The number of carbonyl (C=O) groups excluding carboxylic acids is 1. The van der Waals surface area contributed by atoms with Crippen LogP contribution in [0.5, 0.6) is 0 Å². The van der Waals surface area contributed by atoms with E-state index >= 15 is 0 Å². The molecule has 0 radical (unpaired) electrons. The summed E-state index contributed by atoms with van der Waals surface area (Å²) < 4.78 is 0. The van der Waals surface area contributed by atoms with E-state index in [2.05, 4.69) is 6.92 Å². The highest BCUT2D eigenvalue weighted by Gasteiger charge is 2.31. The van der Waals surface area contributed by atoms with E-state index in [0.29, 0.717) is 25.9 Å². The molecule has 2 aliphatic rings. The topological polar surface area (TPSA) is 57.6 Å². The molecule has 1 saturated heterocycles. The predicted octanol–water partition coefficient (Wildman–Crippen LogP) is 3.31. The van der Waals surface area contributed by atoms with Crippen molar-refractivity contribution in [3.05, 3.63) is 0 Å². The largest absolute Gasteiger partial charge is 0.481 e. The van der Waals surface area contributed by atoms with Gasteiger partial charge in [-0.15, -0.1) is 0 Å². The van der Waals surface area contributed by atoms with Crippen LogP contribution in [0, 0.1) is 17.8 Å². The molecule has 0 aromatic heterocycles. The standard InChI is InChI=1S/C17H29NO3/c1-2-5-15(12-13-6-3-4-7-13)16(19)18-10-8-14(9-11-18)17(20)21/h13-15H,2-12H2,1H3,(H,20,21). The van der Waals surface area contributed by atoms with Crippen LogP contribution in [0.3, 0.4) is 0 Å². The Labute approximate surface area is 127 Å². The average molecular weight is 295 g/mol. The molecule has 4 heteroatoms. The number of hydrogen-bond acceptors (Lipinski definition) is 2. The number of carboxylic acids is 1. The fourth-order valence-corrected chi connectivity index (χ4v) is 3.94. The first-order valence-electron chi connectivity index (χ1n) is 8.63. The van der Waals surface area contributed by atoms with E-state index in [9.17, 15) is 9.59 Å². The molecule has 21 heavy (non-hydrogen) atoms. The highest BCUT2D eigenvalue weighted by molar-refractivity contribution is 5.79. The summed E-state index contributed by atoms with van der Waals surface area (Å²) in [6, 6.07) is 0. The van der Waals surface area contributed by atoms with E-state index in [1.54, 1.807) is 0 Å². The summed E-state index contributed by atoms with van der Waals surface area (Å²) in [5.74, 6) is 0.223. The predicted molar refractivity (Wildman–Crippen MR) is 81.9 cm³/mol. The summed E-state index contributed by atoms with van der Waals surface area (Å²) in [6.45, 7) is 3.40. The van der Waals surface area contributed by atoms with Crippen LogP contribution in [0.4, 0.5) is 0 Å². The number of carbonyl (C=O) groups is 2. The minimum absolute atomic E-state index is 0.166. The summed E-state index contributed by atoms with van der Waals surface area (Å²) in [5, 5.41) is 9.04. The van der Waals surface area contributed by atoms with Crippen LogP contribution < -0.4 is 0 Å². The smallest absolute Gasteiger partial charge is 0.306 e. The molecule has 0 aromatic carbocycles. The van der Waals surface area contributed by atoms with Crippen LogP contribution in [-0.2, 0) is 9.59 Å². The van der Waals surface area contributed by atoms with Crippen molar-refractivity contribution in [1.82, 2.24) is 4.90 Å². The average Bonchev–Trinajstić information content (AvgIpc) is 2.99. The van der Waals surface area contributed by atoms with Crippen molar-refractivity contribution in [2.45, 2.75) is 64.7 Å². The zero-order valence-electron chi connectivity index (χ0n) is 13.2. The van der Waals surface area contributed by atoms with E-state index in [-0.39, 0.29) is 17.7 Å². The number of hydrogen-bond donors (Lipinski definition) is 1. The number of rotatable bonds is 6. The Balaban J connectivity index is 1.87. The molecular formula is C17H29NO3. The minimum atomic E-state index is -0.710. The van der Waals surface area contributed by atoms with Gasteiger partial charge in [-0.25, -0.2) is 0 Å². The van der Waals surface area contributed by atoms with Gasteiger partial charge >= 0.3 is 5.97 Å². The van der Waals surface area contributed by atoms with Gasteiger partial charge in [0.25, 0.3) is 0 Å². The maximum Gasteiger partial charge on any atom is 0.306 e. The minimum Gasteiger partial charge on any atom is -0.481 e. The first-order valence-corrected chi connectivity index (χ1v) is 8.63. The second-order valence-electron chi connectivity index (χ2n) is 6.81. The van der Waals surface area contributed by atoms with Crippen molar-refractivity contribution in [2.75, 3.05) is 13.1 Å². The molecule has 1 amide bonds. The molecule has 4 nitrogen and oxygen atoms in total. The van der Waals surface area contributed by atoms with Crippen molar-refractivity contribution in [2.24, 2.45) is 17.8 Å². The fraction of sp³-hybridized carbons (Fsp3) is 0.882. The summed E-state index contributed by atoms with van der Waals surface area (Å²) >= 11 is 0. The van der Waals surface area contributed by atoms with Crippen molar-refractivity contribution >= 4 is 11.9 Å². The van der Waals surface area contributed by atoms with E-state index < -0.39 is 5.97 Å². The Morgan fingerprint density at radius 3 is 2.29 bits per heavy atom. The number of nitrogens with zero attached hydrogens (tertiary/aromatic N) is 1. The van der Waals surface area contributed by atoms with Crippen LogP contribution in [0.1, 0.15) is 64.7 Å². The Morgan fingerprint density at radius 1 is 1.14 bits per heavy atom.